The first-order chi connectivity index (χ1) is 12.5. The average molecular weight is 358 g/mol. The lowest BCUT2D eigenvalue weighted by Gasteiger charge is -2.32. The first-order valence-corrected chi connectivity index (χ1v) is 9.33. The molecule has 1 amide bonds. The number of pyridine rings is 1. The fourth-order valence-corrected chi connectivity index (χ4v) is 3.03. The Kier molecular flexibility index (Phi) is 7.39. The minimum atomic E-state index is -0.0538. The van der Waals surface area contributed by atoms with E-state index >= 15 is 0 Å². The molecule has 1 aromatic carbocycles. The number of carbonyl (C=O) groups excluding carboxylic acids is 1. The summed E-state index contributed by atoms with van der Waals surface area (Å²) in [6.45, 7) is 9.36. The third kappa shape index (κ3) is 4.73. The maximum absolute atomic E-state index is 13.1. The van der Waals surface area contributed by atoms with E-state index in [4.69, 9.17) is 9.47 Å². The molecule has 1 atom stereocenters. The molecule has 0 radical (unpaired) electrons. The number of hydrogen-bond acceptors (Lipinski definition) is 4. The van der Waals surface area contributed by atoms with E-state index in [9.17, 15) is 4.79 Å². The molecule has 5 nitrogen and oxygen atoms in total. The Morgan fingerprint density at radius 3 is 2.58 bits per heavy atom. The molecule has 0 bridgehead atoms. The van der Waals surface area contributed by atoms with Crippen LogP contribution in [0.1, 0.15) is 51.0 Å². The fraction of sp³-hybridized carbons (Fsp3) is 0.524. The van der Waals surface area contributed by atoms with Gasteiger partial charge in [-0.15, -0.1) is 0 Å². The fourth-order valence-electron chi connectivity index (χ4n) is 3.03. The SMILES string of the molecule is CC[C@@H](C)N(C(=O)c1cc2ccccc2c(OCCCOC)n1)C(C)C. The maximum Gasteiger partial charge on any atom is 0.273 e. The van der Waals surface area contributed by atoms with Gasteiger partial charge in [-0.25, -0.2) is 4.98 Å². The van der Waals surface area contributed by atoms with E-state index in [2.05, 4.69) is 18.8 Å². The Morgan fingerprint density at radius 2 is 1.92 bits per heavy atom. The summed E-state index contributed by atoms with van der Waals surface area (Å²) in [5, 5.41) is 1.88. The lowest BCUT2D eigenvalue weighted by atomic mass is 10.1. The van der Waals surface area contributed by atoms with Crippen molar-refractivity contribution < 1.29 is 14.3 Å². The highest BCUT2D eigenvalue weighted by Gasteiger charge is 2.25. The molecule has 2 aromatic rings. The van der Waals surface area contributed by atoms with Crippen LogP contribution in [0.2, 0.25) is 0 Å². The molecule has 0 unspecified atom stereocenters. The van der Waals surface area contributed by atoms with Crippen LogP contribution in [0.3, 0.4) is 0 Å². The molecule has 142 valence electrons. The summed E-state index contributed by atoms with van der Waals surface area (Å²) in [7, 11) is 1.67. The molecule has 0 aliphatic heterocycles. The second-order valence-electron chi connectivity index (χ2n) is 6.79. The molecule has 0 N–H and O–H groups in total. The molecular weight excluding hydrogens is 328 g/mol. The average Bonchev–Trinajstić information content (AvgIpc) is 2.64. The highest BCUT2D eigenvalue weighted by molar-refractivity contribution is 5.98. The molecule has 0 saturated heterocycles. The monoisotopic (exact) mass is 358 g/mol. The van der Waals surface area contributed by atoms with Crippen LogP contribution in [0.25, 0.3) is 10.8 Å². The number of ether oxygens (including phenoxy) is 2. The second kappa shape index (κ2) is 9.53. The Morgan fingerprint density at radius 1 is 1.19 bits per heavy atom. The largest absolute Gasteiger partial charge is 0.477 e. The second-order valence-corrected chi connectivity index (χ2v) is 6.79. The van der Waals surface area contributed by atoms with Crippen LogP contribution in [0, 0.1) is 0 Å². The van der Waals surface area contributed by atoms with Crippen molar-refractivity contribution in [2.45, 2.75) is 52.6 Å². The van der Waals surface area contributed by atoms with Gasteiger partial charge in [0.2, 0.25) is 5.88 Å². The van der Waals surface area contributed by atoms with E-state index in [1.54, 1.807) is 7.11 Å². The van der Waals surface area contributed by atoms with Crippen LogP contribution >= 0.6 is 0 Å². The summed E-state index contributed by atoms with van der Waals surface area (Å²) < 4.78 is 10.9. The van der Waals surface area contributed by atoms with Crippen molar-refractivity contribution in [3.8, 4) is 5.88 Å². The smallest absolute Gasteiger partial charge is 0.273 e. The van der Waals surface area contributed by atoms with Crippen LogP contribution in [-0.2, 0) is 4.74 Å². The number of carbonyl (C=O) groups is 1. The lowest BCUT2D eigenvalue weighted by molar-refractivity contribution is 0.0614. The number of nitrogens with zero attached hydrogens (tertiary/aromatic N) is 2. The van der Waals surface area contributed by atoms with Crippen LogP contribution < -0.4 is 4.74 Å². The Labute approximate surface area is 156 Å². The zero-order chi connectivity index (χ0) is 19.1. The number of methoxy groups -OCH3 is 1. The quantitative estimate of drug-likeness (QED) is 0.627. The van der Waals surface area contributed by atoms with E-state index in [0.29, 0.717) is 24.8 Å². The molecule has 0 saturated carbocycles. The molecular formula is C21H30N2O3. The standard InChI is InChI=1S/C21H30N2O3/c1-6-16(4)23(15(2)3)21(24)19-14-17-10-7-8-11-18(17)20(22-19)26-13-9-12-25-5/h7-8,10-11,14-16H,6,9,12-13H2,1-5H3/t16-/m1/s1. The molecule has 5 heteroatoms. The summed E-state index contributed by atoms with van der Waals surface area (Å²) in [6.07, 6.45) is 1.67. The van der Waals surface area contributed by atoms with Crippen LogP contribution in [0.4, 0.5) is 0 Å². The number of benzene rings is 1. The topological polar surface area (TPSA) is 51.7 Å². The van der Waals surface area contributed by atoms with Crippen LogP contribution in [-0.4, -0.2) is 48.2 Å². The minimum Gasteiger partial charge on any atom is -0.477 e. The number of fused-ring (bicyclic) bond motifs is 1. The van der Waals surface area contributed by atoms with Crippen molar-refractivity contribution in [2.24, 2.45) is 0 Å². The van der Waals surface area contributed by atoms with E-state index in [0.717, 1.165) is 23.6 Å². The third-order valence-electron chi connectivity index (χ3n) is 4.51. The van der Waals surface area contributed by atoms with E-state index in [1.807, 2.05) is 49.1 Å². The highest BCUT2D eigenvalue weighted by Crippen LogP contribution is 2.26. The van der Waals surface area contributed by atoms with Gasteiger partial charge in [-0.1, -0.05) is 25.1 Å². The first-order valence-electron chi connectivity index (χ1n) is 9.33. The molecule has 1 heterocycles. The van der Waals surface area contributed by atoms with Gasteiger partial charge in [0.25, 0.3) is 5.91 Å². The van der Waals surface area contributed by atoms with Crippen LogP contribution in [0.15, 0.2) is 30.3 Å². The Bertz CT molecular complexity index is 730. The van der Waals surface area contributed by atoms with E-state index in [1.165, 1.54) is 0 Å². The minimum absolute atomic E-state index is 0.0538. The summed E-state index contributed by atoms with van der Waals surface area (Å²) in [6, 6.07) is 9.99. The molecule has 0 aliphatic carbocycles. The van der Waals surface area contributed by atoms with Crippen molar-refractivity contribution in [1.29, 1.82) is 0 Å². The van der Waals surface area contributed by atoms with Gasteiger partial charge in [-0.05, 0) is 44.7 Å². The van der Waals surface area contributed by atoms with Crippen LogP contribution in [0.5, 0.6) is 5.88 Å². The van der Waals surface area contributed by atoms with Gasteiger partial charge in [-0.3, -0.25) is 4.79 Å². The maximum atomic E-state index is 13.1. The number of rotatable bonds is 9. The molecule has 2 rings (SSSR count). The predicted molar refractivity (Wildman–Crippen MR) is 105 cm³/mol. The molecule has 0 aliphatic rings. The number of hydrogen-bond donors (Lipinski definition) is 0. The Balaban J connectivity index is 2.38. The molecule has 1 aromatic heterocycles. The predicted octanol–water partition coefficient (Wildman–Crippen LogP) is 4.30. The van der Waals surface area contributed by atoms with Gasteiger partial charge in [0, 0.05) is 37.6 Å². The highest BCUT2D eigenvalue weighted by atomic mass is 16.5. The summed E-state index contributed by atoms with van der Waals surface area (Å²) in [5.74, 6) is 0.456. The van der Waals surface area contributed by atoms with Crippen molar-refractivity contribution in [1.82, 2.24) is 9.88 Å². The van der Waals surface area contributed by atoms with E-state index in [-0.39, 0.29) is 18.0 Å². The molecule has 0 fully saturated rings. The van der Waals surface area contributed by atoms with Gasteiger partial charge in [-0.2, -0.15) is 0 Å². The summed E-state index contributed by atoms with van der Waals surface area (Å²) in [5.41, 5.74) is 0.430. The lowest BCUT2D eigenvalue weighted by Crippen LogP contribution is -2.43. The molecule has 0 spiro atoms. The van der Waals surface area contributed by atoms with Gasteiger partial charge in [0.1, 0.15) is 5.69 Å². The third-order valence-corrected chi connectivity index (χ3v) is 4.51. The summed E-state index contributed by atoms with van der Waals surface area (Å²) in [4.78, 5) is 19.6. The van der Waals surface area contributed by atoms with Crippen molar-refractivity contribution >= 4 is 16.7 Å². The number of amides is 1. The van der Waals surface area contributed by atoms with Crippen molar-refractivity contribution in [2.75, 3.05) is 20.3 Å². The number of aromatic nitrogens is 1. The zero-order valence-electron chi connectivity index (χ0n) is 16.5. The van der Waals surface area contributed by atoms with Gasteiger partial charge in [0.15, 0.2) is 0 Å². The van der Waals surface area contributed by atoms with Crippen molar-refractivity contribution in [3.63, 3.8) is 0 Å². The zero-order valence-corrected chi connectivity index (χ0v) is 16.5. The van der Waals surface area contributed by atoms with Gasteiger partial charge >= 0.3 is 0 Å². The first kappa shape index (κ1) is 20.2. The van der Waals surface area contributed by atoms with Gasteiger partial charge in [0.05, 0.1) is 6.61 Å². The van der Waals surface area contributed by atoms with E-state index < -0.39 is 0 Å². The van der Waals surface area contributed by atoms with Crippen molar-refractivity contribution in [3.05, 3.63) is 36.0 Å². The van der Waals surface area contributed by atoms with Gasteiger partial charge < -0.3 is 14.4 Å². The Hall–Kier alpha value is -2.14. The normalized spacial score (nSPS) is 12.4. The summed E-state index contributed by atoms with van der Waals surface area (Å²) >= 11 is 0. The molecule has 26 heavy (non-hydrogen) atoms.